The molecule has 0 radical (unpaired) electrons. The predicted octanol–water partition coefficient (Wildman–Crippen LogP) is 4.59. The molecule has 0 aliphatic carbocycles. The number of carbonyl (C=O) groups excluding carboxylic acids is 1. The number of hydrogen-bond donors (Lipinski definition) is 1. The number of para-hydroxylation sites is 1. The minimum Gasteiger partial charge on any atom is -0.489 e. The lowest BCUT2D eigenvalue weighted by Crippen LogP contribution is -2.18. The van der Waals surface area contributed by atoms with Gasteiger partial charge in [-0.25, -0.2) is 5.43 Å². The van der Waals surface area contributed by atoms with Crippen LogP contribution >= 0.6 is 11.6 Å². The Morgan fingerprint density at radius 2 is 1.76 bits per heavy atom. The number of nitro groups is 1. The molecule has 1 amide bonds. The molecule has 0 saturated carbocycles. The van der Waals surface area contributed by atoms with Crippen LogP contribution < -0.4 is 10.2 Å². The number of nitro benzene ring substituents is 1. The van der Waals surface area contributed by atoms with Gasteiger partial charge in [0.05, 0.1) is 11.1 Å². The fraction of sp³-hybridized carbons (Fsp3) is 0.0476. The van der Waals surface area contributed by atoms with Crippen molar-refractivity contribution in [3.63, 3.8) is 0 Å². The van der Waals surface area contributed by atoms with Crippen LogP contribution in [-0.2, 0) is 6.61 Å². The molecule has 8 heteroatoms. The van der Waals surface area contributed by atoms with Gasteiger partial charge in [0.25, 0.3) is 11.6 Å². The van der Waals surface area contributed by atoms with Crippen LogP contribution in [0.5, 0.6) is 5.75 Å². The van der Waals surface area contributed by atoms with Gasteiger partial charge in [0, 0.05) is 16.7 Å². The number of benzene rings is 3. The van der Waals surface area contributed by atoms with Crippen molar-refractivity contribution in [1.82, 2.24) is 5.43 Å². The Bertz CT molecular complexity index is 1050. The zero-order valence-electron chi connectivity index (χ0n) is 15.1. The third kappa shape index (κ3) is 5.40. The van der Waals surface area contributed by atoms with E-state index in [-0.39, 0.29) is 11.3 Å². The van der Waals surface area contributed by atoms with Crippen LogP contribution in [0.3, 0.4) is 0 Å². The van der Waals surface area contributed by atoms with Crippen molar-refractivity contribution in [1.29, 1.82) is 0 Å². The zero-order chi connectivity index (χ0) is 20.6. The third-order valence-electron chi connectivity index (χ3n) is 3.96. The number of carbonyl (C=O) groups is 1. The van der Waals surface area contributed by atoms with E-state index in [4.69, 9.17) is 16.3 Å². The molecular weight excluding hydrogens is 394 g/mol. The molecule has 0 bridgehead atoms. The summed E-state index contributed by atoms with van der Waals surface area (Å²) in [7, 11) is 0. The van der Waals surface area contributed by atoms with E-state index in [0.29, 0.717) is 17.4 Å². The number of halogens is 1. The highest BCUT2D eigenvalue weighted by Crippen LogP contribution is 2.19. The van der Waals surface area contributed by atoms with E-state index in [2.05, 4.69) is 10.5 Å². The molecule has 146 valence electrons. The smallest absolute Gasteiger partial charge is 0.282 e. The fourth-order valence-electron chi connectivity index (χ4n) is 2.48. The molecule has 0 atom stereocenters. The Kier molecular flexibility index (Phi) is 6.55. The van der Waals surface area contributed by atoms with Crippen LogP contribution in [0, 0.1) is 10.1 Å². The molecule has 1 N–H and O–H groups in total. The minimum absolute atomic E-state index is 0.0574. The summed E-state index contributed by atoms with van der Waals surface area (Å²) >= 11 is 6.10. The Balaban J connectivity index is 1.57. The lowest BCUT2D eigenvalue weighted by atomic mass is 10.2. The van der Waals surface area contributed by atoms with E-state index in [1.807, 2.05) is 18.2 Å². The Morgan fingerprint density at radius 3 is 2.48 bits per heavy atom. The van der Waals surface area contributed by atoms with Crippen molar-refractivity contribution in [3.05, 3.63) is 105 Å². The molecule has 0 aliphatic rings. The molecule has 0 aromatic heterocycles. The number of ether oxygens (including phenoxy) is 1. The summed E-state index contributed by atoms with van der Waals surface area (Å²) in [4.78, 5) is 22.5. The molecule has 0 spiro atoms. The Morgan fingerprint density at radius 1 is 1.07 bits per heavy atom. The van der Waals surface area contributed by atoms with E-state index in [9.17, 15) is 14.9 Å². The normalized spacial score (nSPS) is 10.7. The number of hydrogen-bond acceptors (Lipinski definition) is 5. The maximum absolute atomic E-state index is 12.1. The minimum atomic E-state index is -0.659. The van der Waals surface area contributed by atoms with E-state index in [0.717, 1.165) is 11.1 Å². The molecular formula is C21H16ClN3O4. The highest BCUT2D eigenvalue weighted by atomic mass is 35.5. The first-order valence-electron chi connectivity index (χ1n) is 8.57. The summed E-state index contributed by atoms with van der Waals surface area (Å²) in [5.74, 6) is -0.000686. The van der Waals surface area contributed by atoms with Crippen molar-refractivity contribution in [3.8, 4) is 5.75 Å². The number of hydrazone groups is 1. The molecule has 0 unspecified atom stereocenters. The first-order valence-corrected chi connectivity index (χ1v) is 8.95. The topological polar surface area (TPSA) is 93.8 Å². The van der Waals surface area contributed by atoms with Crippen LogP contribution in [-0.4, -0.2) is 17.0 Å². The summed E-state index contributed by atoms with van der Waals surface area (Å²) in [5.41, 5.74) is 3.56. The highest BCUT2D eigenvalue weighted by Gasteiger charge is 2.18. The Labute approximate surface area is 171 Å². The first-order chi connectivity index (χ1) is 14.0. The van der Waals surface area contributed by atoms with E-state index < -0.39 is 10.8 Å². The molecule has 3 aromatic carbocycles. The van der Waals surface area contributed by atoms with Crippen LogP contribution in [0.25, 0.3) is 0 Å². The van der Waals surface area contributed by atoms with Crippen molar-refractivity contribution >= 4 is 29.4 Å². The first kappa shape index (κ1) is 20.0. The summed E-state index contributed by atoms with van der Waals surface area (Å²) in [6, 6.07) is 20.2. The summed E-state index contributed by atoms with van der Waals surface area (Å²) in [6.45, 7) is 0.346. The molecule has 3 rings (SSSR count). The molecule has 0 heterocycles. The van der Waals surface area contributed by atoms with Gasteiger partial charge >= 0.3 is 0 Å². The average Bonchev–Trinajstić information content (AvgIpc) is 2.74. The lowest BCUT2D eigenvalue weighted by molar-refractivity contribution is -0.385. The maximum atomic E-state index is 12.1. The van der Waals surface area contributed by atoms with E-state index in [1.165, 1.54) is 24.4 Å². The predicted molar refractivity (Wildman–Crippen MR) is 110 cm³/mol. The molecule has 3 aromatic rings. The lowest BCUT2D eigenvalue weighted by Gasteiger charge is -2.07. The largest absolute Gasteiger partial charge is 0.489 e. The zero-order valence-corrected chi connectivity index (χ0v) is 15.9. The van der Waals surface area contributed by atoms with E-state index in [1.54, 1.807) is 36.4 Å². The standard InChI is InChI=1S/C21H16ClN3O4/c22-19-7-3-1-5-16(19)14-29-17-11-9-15(10-12-17)13-23-24-21(26)18-6-2-4-8-20(18)25(27)28/h1-13H,14H2,(H,24,26)/b23-13+. The molecule has 0 fully saturated rings. The SMILES string of the molecule is O=C(N/N=C/c1ccc(OCc2ccccc2Cl)cc1)c1ccccc1[N+](=O)[O-]. The monoisotopic (exact) mass is 409 g/mol. The van der Waals surface area contributed by atoms with Gasteiger partial charge in [-0.3, -0.25) is 14.9 Å². The van der Waals surface area contributed by atoms with Gasteiger partial charge < -0.3 is 4.74 Å². The Hall–Kier alpha value is -3.71. The van der Waals surface area contributed by atoms with Crippen molar-refractivity contribution in [2.75, 3.05) is 0 Å². The van der Waals surface area contributed by atoms with Crippen molar-refractivity contribution < 1.29 is 14.5 Å². The third-order valence-corrected chi connectivity index (χ3v) is 4.33. The number of amides is 1. The van der Waals surface area contributed by atoms with Crippen LogP contribution in [0.2, 0.25) is 5.02 Å². The van der Waals surface area contributed by atoms with Gasteiger partial charge in [-0.05, 0) is 42.0 Å². The second-order valence-electron chi connectivity index (χ2n) is 5.92. The quantitative estimate of drug-likeness (QED) is 0.351. The molecule has 7 nitrogen and oxygen atoms in total. The van der Waals surface area contributed by atoms with Gasteiger partial charge in [0.1, 0.15) is 17.9 Å². The van der Waals surface area contributed by atoms with Gasteiger partial charge in [-0.1, -0.05) is 41.9 Å². The summed E-state index contributed by atoms with van der Waals surface area (Å²) in [6.07, 6.45) is 1.44. The number of nitrogens with one attached hydrogen (secondary N) is 1. The van der Waals surface area contributed by atoms with Crippen LogP contribution in [0.1, 0.15) is 21.5 Å². The van der Waals surface area contributed by atoms with Gasteiger partial charge in [0.2, 0.25) is 0 Å². The highest BCUT2D eigenvalue weighted by molar-refractivity contribution is 6.31. The van der Waals surface area contributed by atoms with Gasteiger partial charge in [-0.15, -0.1) is 0 Å². The van der Waals surface area contributed by atoms with Gasteiger partial charge in [0.15, 0.2) is 0 Å². The average molecular weight is 410 g/mol. The van der Waals surface area contributed by atoms with Crippen LogP contribution in [0.4, 0.5) is 5.69 Å². The molecule has 29 heavy (non-hydrogen) atoms. The molecule has 0 aliphatic heterocycles. The molecule has 0 saturated heterocycles. The second-order valence-corrected chi connectivity index (χ2v) is 6.33. The second kappa shape index (κ2) is 9.48. The fourth-order valence-corrected chi connectivity index (χ4v) is 2.67. The van der Waals surface area contributed by atoms with Crippen LogP contribution in [0.15, 0.2) is 77.9 Å². The summed E-state index contributed by atoms with van der Waals surface area (Å²) in [5, 5.41) is 15.5. The maximum Gasteiger partial charge on any atom is 0.282 e. The van der Waals surface area contributed by atoms with E-state index >= 15 is 0 Å². The summed E-state index contributed by atoms with van der Waals surface area (Å²) < 4.78 is 5.70. The van der Waals surface area contributed by atoms with Gasteiger partial charge in [-0.2, -0.15) is 5.10 Å². The number of rotatable bonds is 7. The van der Waals surface area contributed by atoms with Crippen molar-refractivity contribution in [2.45, 2.75) is 6.61 Å². The number of nitrogens with zero attached hydrogens (tertiary/aromatic N) is 2. The van der Waals surface area contributed by atoms with Crippen molar-refractivity contribution in [2.24, 2.45) is 5.10 Å².